The highest BCUT2D eigenvalue weighted by molar-refractivity contribution is 9.10. The van der Waals surface area contributed by atoms with Crippen LogP contribution in [0.25, 0.3) is 22.4 Å². The maximum atomic E-state index is 9.61. The van der Waals surface area contributed by atoms with E-state index in [9.17, 15) is 5.26 Å². The molecule has 4 nitrogen and oxygen atoms in total. The maximum absolute atomic E-state index is 9.61. The fourth-order valence-corrected chi connectivity index (χ4v) is 3.72. The molecule has 0 aliphatic carbocycles. The Morgan fingerprint density at radius 3 is 2.36 bits per heavy atom. The summed E-state index contributed by atoms with van der Waals surface area (Å²) in [6.07, 6.45) is 1.04. The number of aromatic nitrogens is 1. The smallest absolute Gasteiger partial charge is 0.142 e. The number of benzene rings is 2. The van der Waals surface area contributed by atoms with Gasteiger partial charge in [-0.15, -0.1) is 0 Å². The standard InChI is InChI=1S/C23H22BrN3O/c1-14(2)10-15-4-6-16(7-5-15)21-12-18(19(13-25)23(26)27-21)17-8-9-22(28-3)20(24)11-17/h4-9,11-12,14H,10H2,1-3H3,(H2,26,27). The molecule has 1 heterocycles. The van der Waals surface area contributed by atoms with Crippen molar-refractivity contribution < 1.29 is 4.74 Å². The second-order valence-electron chi connectivity index (χ2n) is 7.07. The van der Waals surface area contributed by atoms with E-state index in [0.717, 1.165) is 39.0 Å². The third-order valence-electron chi connectivity index (χ3n) is 4.52. The van der Waals surface area contributed by atoms with E-state index in [1.54, 1.807) is 7.11 Å². The fraction of sp³-hybridized carbons (Fsp3) is 0.217. The number of methoxy groups -OCH3 is 1. The highest BCUT2D eigenvalue weighted by Crippen LogP contribution is 2.35. The first-order valence-electron chi connectivity index (χ1n) is 9.06. The number of nitrogens with zero attached hydrogens (tertiary/aromatic N) is 2. The van der Waals surface area contributed by atoms with E-state index in [4.69, 9.17) is 10.5 Å². The zero-order chi connectivity index (χ0) is 20.3. The van der Waals surface area contributed by atoms with Gasteiger partial charge in [0.15, 0.2) is 0 Å². The molecule has 2 aromatic carbocycles. The van der Waals surface area contributed by atoms with Gasteiger partial charge >= 0.3 is 0 Å². The van der Waals surface area contributed by atoms with Crippen molar-refractivity contribution in [2.75, 3.05) is 12.8 Å². The molecule has 0 bridgehead atoms. The summed E-state index contributed by atoms with van der Waals surface area (Å²) >= 11 is 3.51. The first kappa shape index (κ1) is 19.9. The number of hydrogen-bond donors (Lipinski definition) is 1. The van der Waals surface area contributed by atoms with Crippen LogP contribution in [0.4, 0.5) is 5.82 Å². The summed E-state index contributed by atoms with van der Waals surface area (Å²) in [5.74, 6) is 1.56. The van der Waals surface area contributed by atoms with Crippen molar-refractivity contribution in [3.8, 4) is 34.2 Å². The Morgan fingerprint density at radius 2 is 1.79 bits per heavy atom. The number of rotatable bonds is 5. The maximum Gasteiger partial charge on any atom is 0.142 e. The molecule has 0 aliphatic heterocycles. The van der Waals surface area contributed by atoms with Crippen LogP contribution >= 0.6 is 15.9 Å². The number of pyridine rings is 1. The van der Waals surface area contributed by atoms with Crippen molar-refractivity contribution in [3.05, 3.63) is 64.1 Å². The third kappa shape index (κ3) is 4.18. The van der Waals surface area contributed by atoms with Crippen LogP contribution in [-0.2, 0) is 6.42 Å². The van der Waals surface area contributed by atoms with Gasteiger partial charge in [-0.2, -0.15) is 5.26 Å². The number of nitriles is 1. The Morgan fingerprint density at radius 1 is 1.11 bits per heavy atom. The molecule has 0 amide bonds. The minimum atomic E-state index is 0.230. The van der Waals surface area contributed by atoms with Crippen LogP contribution in [0.2, 0.25) is 0 Å². The second-order valence-corrected chi connectivity index (χ2v) is 7.93. The number of nitrogens with two attached hydrogens (primary N) is 1. The van der Waals surface area contributed by atoms with Crippen LogP contribution < -0.4 is 10.5 Å². The van der Waals surface area contributed by atoms with Crippen molar-refractivity contribution >= 4 is 21.7 Å². The van der Waals surface area contributed by atoms with Crippen LogP contribution in [0.1, 0.15) is 25.0 Å². The highest BCUT2D eigenvalue weighted by atomic mass is 79.9. The van der Waals surface area contributed by atoms with Crippen molar-refractivity contribution in [2.45, 2.75) is 20.3 Å². The quantitative estimate of drug-likeness (QED) is 0.546. The third-order valence-corrected chi connectivity index (χ3v) is 5.14. The Kier molecular flexibility index (Phi) is 6.01. The molecule has 0 atom stereocenters. The fourth-order valence-electron chi connectivity index (χ4n) is 3.17. The first-order valence-corrected chi connectivity index (χ1v) is 9.86. The van der Waals surface area contributed by atoms with Crippen molar-refractivity contribution in [2.24, 2.45) is 5.92 Å². The van der Waals surface area contributed by atoms with Gasteiger partial charge in [-0.1, -0.05) is 44.2 Å². The van der Waals surface area contributed by atoms with E-state index in [2.05, 4.69) is 65.1 Å². The molecule has 28 heavy (non-hydrogen) atoms. The Labute approximate surface area is 174 Å². The lowest BCUT2D eigenvalue weighted by molar-refractivity contribution is 0.412. The van der Waals surface area contributed by atoms with E-state index in [0.29, 0.717) is 11.5 Å². The van der Waals surface area contributed by atoms with Crippen molar-refractivity contribution in [3.63, 3.8) is 0 Å². The number of halogens is 1. The van der Waals surface area contributed by atoms with Gasteiger partial charge in [-0.25, -0.2) is 4.98 Å². The molecular formula is C23H22BrN3O. The van der Waals surface area contributed by atoms with E-state index in [1.807, 2.05) is 24.3 Å². The average molecular weight is 436 g/mol. The number of hydrogen-bond acceptors (Lipinski definition) is 4. The van der Waals surface area contributed by atoms with Crippen molar-refractivity contribution in [1.82, 2.24) is 4.98 Å². The van der Waals surface area contributed by atoms with Gasteiger partial charge in [-0.05, 0) is 57.6 Å². The highest BCUT2D eigenvalue weighted by Gasteiger charge is 2.15. The number of anilines is 1. The van der Waals surface area contributed by atoms with E-state index in [-0.39, 0.29) is 5.82 Å². The van der Waals surface area contributed by atoms with E-state index in [1.165, 1.54) is 5.56 Å². The van der Waals surface area contributed by atoms with Gasteiger partial charge in [0.2, 0.25) is 0 Å². The topological polar surface area (TPSA) is 71.9 Å². The molecule has 0 radical (unpaired) electrons. The Hall–Kier alpha value is -2.84. The molecule has 5 heteroatoms. The lowest BCUT2D eigenvalue weighted by Crippen LogP contribution is -2.00. The molecule has 1 aromatic heterocycles. The second kappa shape index (κ2) is 8.45. The first-order chi connectivity index (χ1) is 13.4. The molecule has 0 unspecified atom stereocenters. The van der Waals surface area contributed by atoms with Gasteiger partial charge in [0.1, 0.15) is 23.2 Å². The monoisotopic (exact) mass is 435 g/mol. The zero-order valence-electron chi connectivity index (χ0n) is 16.2. The largest absolute Gasteiger partial charge is 0.496 e. The summed E-state index contributed by atoms with van der Waals surface area (Å²) < 4.78 is 6.11. The van der Waals surface area contributed by atoms with Gasteiger partial charge in [0.25, 0.3) is 0 Å². The lowest BCUT2D eigenvalue weighted by atomic mass is 9.97. The van der Waals surface area contributed by atoms with Crippen LogP contribution in [-0.4, -0.2) is 12.1 Å². The van der Waals surface area contributed by atoms with E-state index >= 15 is 0 Å². The normalized spacial score (nSPS) is 10.7. The summed E-state index contributed by atoms with van der Waals surface area (Å²) in [5.41, 5.74) is 11.1. The molecule has 0 fully saturated rings. The minimum absolute atomic E-state index is 0.230. The van der Waals surface area contributed by atoms with Crippen LogP contribution in [0.15, 0.2) is 53.0 Å². The Bertz CT molecular complexity index is 1040. The molecule has 0 spiro atoms. The molecule has 3 aromatic rings. The summed E-state index contributed by atoms with van der Waals surface area (Å²) in [6, 6.07) is 18.1. The molecule has 2 N–H and O–H groups in total. The predicted molar refractivity (Wildman–Crippen MR) is 117 cm³/mol. The predicted octanol–water partition coefficient (Wildman–Crippen LogP) is 5.84. The molecule has 3 rings (SSSR count). The van der Waals surface area contributed by atoms with Crippen LogP contribution in [0.3, 0.4) is 0 Å². The minimum Gasteiger partial charge on any atom is -0.496 e. The summed E-state index contributed by atoms with van der Waals surface area (Å²) in [7, 11) is 1.62. The van der Waals surface area contributed by atoms with Gasteiger partial charge < -0.3 is 10.5 Å². The lowest BCUT2D eigenvalue weighted by Gasteiger charge is -2.12. The number of ether oxygens (including phenoxy) is 1. The summed E-state index contributed by atoms with van der Waals surface area (Å²) in [4.78, 5) is 4.47. The zero-order valence-corrected chi connectivity index (χ0v) is 17.7. The molecule has 142 valence electrons. The number of nitrogen functional groups attached to an aromatic ring is 1. The molecule has 0 saturated heterocycles. The molecule has 0 aliphatic rings. The van der Waals surface area contributed by atoms with Gasteiger partial charge in [-0.3, -0.25) is 0 Å². The van der Waals surface area contributed by atoms with Crippen molar-refractivity contribution in [1.29, 1.82) is 5.26 Å². The SMILES string of the molecule is COc1ccc(-c2cc(-c3ccc(CC(C)C)cc3)nc(N)c2C#N)cc1Br. The van der Waals surface area contributed by atoms with Gasteiger partial charge in [0.05, 0.1) is 17.3 Å². The molecular weight excluding hydrogens is 414 g/mol. The Balaban J connectivity index is 2.08. The van der Waals surface area contributed by atoms with Crippen LogP contribution in [0, 0.1) is 17.2 Å². The average Bonchev–Trinajstić information content (AvgIpc) is 2.67. The van der Waals surface area contributed by atoms with E-state index < -0.39 is 0 Å². The van der Waals surface area contributed by atoms with Crippen LogP contribution in [0.5, 0.6) is 5.75 Å². The van der Waals surface area contributed by atoms with Gasteiger partial charge in [0, 0.05) is 11.1 Å². The summed E-state index contributed by atoms with van der Waals surface area (Å²) in [5, 5.41) is 9.61. The summed E-state index contributed by atoms with van der Waals surface area (Å²) in [6.45, 7) is 4.41. The molecule has 0 saturated carbocycles.